The van der Waals surface area contributed by atoms with Crippen molar-refractivity contribution in [3.8, 4) is 5.75 Å². The largest absolute Gasteiger partial charge is 0.484 e. The highest BCUT2D eigenvalue weighted by atomic mass is 35.5. The molecule has 0 saturated heterocycles. The molecule has 0 fully saturated rings. The summed E-state index contributed by atoms with van der Waals surface area (Å²) >= 11 is 13.7. The standard InChI is InChI=1S/C18H16Cl2FN3OS/c1-2-24-17(10-25-16-6-4-3-5-14(16)19)22-23-18(24)26-11-12-7-8-13(21)9-15(12)20/h3-9H,2,10-11H2,1H3. The van der Waals surface area contributed by atoms with Crippen LogP contribution in [0.4, 0.5) is 4.39 Å². The topological polar surface area (TPSA) is 39.9 Å². The van der Waals surface area contributed by atoms with Crippen LogP contribution in [0.2, 0.25) is 10.0 Å². The van der Waals surface area contributed by atoms with E-state index in [1.807, 2.05) is 23.6 Å². The van der Waals surface area contributed by atoms with Crippen molar-refractivity contribution >= 4 is 35.0 Å². The van der Waals surface area contributed by atoms with Crippen LogP contribution >= 0.6 is 35.0 Å². The quantitative estimate of drug-likeness (QED) is 0.473. The summed E-state index contributed by atoms with van der Waals surface area (Å²) < 4.78 is 20.9. The minimum absolute atomic E-state index is 0.266. The summed E-state index contributed by atoms with van der Waals surface area (Å²) in [5.41, 5.74) is 0.845. The number of hydrogen-bond donors (Lipinski definition) is 0. The zero-order valence-corrected chi connectivity index (χ0v) is 16.3. The number of nitrogens with zero attached hydrogens (tertiary/aromatic N) is 3. The predicted octanol–water partition coefficient (Wildman–Crippen LogP) is 5.62. The van der Waals surface area contributed by atoms with Crippen LogP contribution in [0.5, 0.6) is 5.75 Å². The van der Waals surface area contributed by atoms with E-state index in [0.717, 1.165) is 10.7 Å². The number of aromatic nitrogens is 3. The van der Waals surface area contributed by atoms with E-state index in [-0.39, 0.29) is 12.4 Å². The Morgan fingerprint density at radius 2 is 1.92 bits per heavy atom. The summed E-state index contributed by atoms with van der Waals surface area (Å²) in [5.74, 6) is 1.54. The van der Waals surface area contributed by atoms with Gasteiger partial charge in [-0.15, -0.1) is 10.2 Å². The molecule has 1 aromatic heterocycles. The Bertz CT molecular complexity index is 904. The summed E-state index contributed by atoms with van der Waals surface area (Å²) in [6.07, 6.45) is 0. The van der Waals surface area contributed by atoms with E-state index in [2.05, 4.69) is 10.2 Å². The molecule has 0 saturated carbocycles. The molecule has 0 amide bonds. The van der Waals surface area contributed by atoms with Crippen molar-refractivity contribution in [2.75, 3.05) is 0 Å². The molecule has 3 rings (SSSR count). The van der Waals surface area contributed by atoms with E-state index in [0.29, 0.717) is 33.9 Å². The molecule has 4 nitrogen and oxygen atoms in total. The first kappa shape index (κ1) is 19.0. The molecule has 136 valence electrons. The highest BCUT2D eigenvalue weighted by Crippen LogP contribution is 2.28. The summed E-state index contributed by atoms with van der Waals surface area (Å²) in [7, 11) is 0. The van der Waals surface area contributed by atoms with Crippen molar-refractivity contribution in [1.82, 2.24) is 14.8 Å². The molecule has 0 aliphatic rings. The van der Waals surface area contributed by atoms with Gasteiger partial charge in [0.1, 0.15) is 18.2 Å². The average Bonchev–Trinajstić information content (AvgIpc) is 3.02. The van der Waals surface area contributed by atoms with E-state index in [1.165, 1.54) is 23.9 Å². The van der Waals surface area contributed by atoms with Crippen LogP contribution in [0.25, 0.3) is 0 Å². The van der Waals surface area contributed by atoms with Gasteiger partial charge in [0.2, 0.25) is 0 Å². The fourth-order valence-electron chi connectivity index (χ4n) is 2.34. The maximum Gasteiger partial charge on any atom is 0.191 e. The number of halogens is 3. The summed E-state index contributed by atoms with van der Waals surface area (Å²) in [5, 5.41) is 10.2. The van der Waals surface area contributed by atoms with Crippen LogP contribution < -0.4 is 4.74 Å². The Hall–Kier alpha value is -1.76. The lowest BCUT2D eigenvalue weighted by atomic mass is 10.2. The average molecular weight is 412 g/mol. The number of thioether (sulfide) groups is 1. The smallest absolute Gasteiger partial charge is 0.191 e. The fourth-order valence-corrected chi connectivity index (χ4v) is 3.86. The van der Waals surface area contributed by atoms with Crippen LogP contribution in [-0.4, -0.2) is 14.8 Å². The molecule has 0 unspecified atom stereocenters. The third kappa shape index (κ3) is 4.50. The van der Waals surface area contributed by atoms with Gasteiger partial charge in [-0.25, -0.2) is 4.39 Å². The van der Waals surface area contributed by atoms with E-state index in [1.54, 1.807) is 18.2 Å². The second kappa shape index (κ2) is 8.75. The Morgan fingerprint density at radius 3 is 2.65 bits per heavy atom. The maximum atomic E-state index is 13.1. The van der Waals surface area contributed by atoms with Crippen LogP contribution in [-0.2, 0) is 18.9 Å². The Labute approximate surface area is 165 Å². The zero-order chi connectivity index (χ0) is 18.5. The van der Waals surface area contributed by atoms with E-state index in [4.69, 9.17) is 27.9 Å². The van der Waals surface area contributed by atoms with Gasteiger partial charge in [0, 0.05) is 17.3 Å². The minimum atomic E-state index is -0.348. The first-order valence-electron chi connectivity index (χ1n) is 7.94. The normalized spacial score (nSPS) is 10.9. The van der Waals surface area contributed by atoms with Gasteiger partial charge in [0.05, 0.1) is 5.02 Å². The molecule has 0 bridgehead atoms. The monoisotopic (exact) mass is 411 g/mol. The second-order valence-electron chi connectivity index (χ2n) is 5.39. The van der Waals surface area contributed by atoms with E-state index >= 15 is 0 Å². The molecule has 8 heteroatoms. The Morgan fingerprint density at radius 1 is 1.12 bits per heavy atom. The molecule has 0 aliphatic carbocycles. The molecule has 1 heterocycles. The summed E-state index contributed by atoms with van der Waals surface area (Å²) in [6, 6.07) is 11.7. The fraction of sp³-hybridized carbons (Fsp3) is 0.222. The number of hydrogen-bond acceptors (Lipinski definition) is 4. The lowest BCUT2D eigenvalue weighted by molar-refractivity contribution is 0.288. The van der Waals surface area contributed by atoms with Gasteiger partial charge >= 0.3 is 0 Å². The molecule has 26 heavy (non-hydrogen) atoms. The molecular formula is C18H16Cl2FN3OS. The number of benzene rings is 2. The van der Waals surface area contributed by atoms with Crippen molar-refractivity contribution < 1.29 is 9.13 Å². The van der Waals surface area contributed by atoms with Gasteiger partial charge < -0.3 is 9.30 Å². The third-order valence-corrected chi connectivity index (χ3v) is 5.35. The number of ether oxygens (including phenoxy) is 1. The Kier molecular flexibility index (Phi) is 6.40. The highest BCUT2D eigenvalue weighted by Gasteiger charge is 2.13. The maximum absolute atomic E-state index is 13.1. The molecule has 0 N–H and O–H groups in total. The minimum Gasteiger partial charge on any atom is -0.484 e. The highest BCUT2D eigenvalue weighted by molar-refractivity contribution is 7.98. The van der Waals surface area contributed by atoms with Crippen molar-refractivity contribution in [1.29, 1.82) is 0 Å². The lowest BCUT2D eigenvalue weighted by Gasteiger charge is -2.10. The van der Waals surface area contributed by atoms with Gasteiger partial charge in [0.15, 0.2) is 11.0 Å². The first-order valence-corrected chi connectivity index (χ1v) is 9.68. The SMILES string of the molecule is CCn1c(COc2ccccc2Cl)nnc1SCc1ccc(F)cc1Cl. The van der Waals surface area contributed by atoms with Crippen LogP contribution in [0.1, 0.15) is 18.3 Å². The lowest BCUT2D eigenvalue weighted by Crippen LogP contribution is -2.07. The van der Waals surface area contributed by atoms with Gasteiger partial charge in [-0.05, 0) is 36.8 Å². The molecule has 0 atom stereocenters. The van der Waals surface area contributed by atoms with Crippen LogP contribution in [0.15, 0.2) is 47.6 Å². The molecule has 2 aromatic carbocycles. The van der Waals surface area contributed by atoms with Crippen molar-refractivity contribution in [2.24, 2.45) is 0 Å². The summed E-state index contributed by atoms with van der Waals surface area (Å²) in [4.78, 5) is 0. The van der Waals surface area contributed by atoms with Gasteiger partial charge in [-0.2, -0.15) is 0 Å². The third-order valence-electron chi connectivity index (χ3n) is 3.67. The van der Waals surface area contributed by atoms with Crippen LogP contribution in [0.3, 0.4) is 0 Å². The molecule has 0 aliphatic heterocycles. The number of para-hydroxylation sites is 1. The predicted molar refractivity (Wildman–Crippen MR) is 102 cm³/mol. The van der Waals surface area contributed by atoms with Gasteiger partial charge in [-0.1, -0.05) is 53.2 Å². The first-order chi connectivity index (χ1) is 12.6. The molecule has 0 spiro atoms. The van der Waals surface area contributed by atoms with E-state index in [9.17, 15) is 4.39 Å². The molecule has 0 radical (unpaired) electrons. The van der Waals surface area contributed by atoms with Crippen LogP contribution in [0, 0.1) is 5.82 Å². The Balaban J connectivity index is 1.68. The van der Waals surface area contributed by atoms with Gasteiger partial charge in [0.25, 0.3) is 0 Å². The van der Waals surface area contributed by atoms with E-state index < -0.39 is 0 Å². The molecular weight excluding hydrogens is 396 g/mol. The second-order valence-corrected chi connectivity index (χ2v) is 7.14. The van der Waals surface area contributed by atoms with Crippen molar-refractivity contribution in [2.45, 2.75) is 31.0 Å². The number of rotatable bonds is 7. The summed E-state index contributed by atoms with van der Waals surface area (Å²) in [6.45, 7) is 2.98. The van der Waals surface area contributed by atoms with Crippen molar-refractivity contribution in [3.63, 3.8) is 0 Å². The molecule has 3 aromatic rings. The zero-order valence-electron chi connectivity index (χ0n) is 14.0. The van der Waals surface area contributed by atoms with Crippen molar-refractivity contribution in [3.05, 3.63) is 69.7 Å². The van der Waals surface area contributed by atoms with Gasteiger partial charge in [-0.3, -0.25) is 0 Å².